The molecule has 1 aliphatic rings. The van der Waals surface area contributed by atoms with Crippen LogP contribution in [0, 0.1) is 5.41 Å². The molecule has 0 spiro atoms. The molecule has 0 radical (unpaired) electrons. The van der Waals surface area contributed by atoms with Crippen LogP contribution >= 0.6 is 0 Å². The second-order valence-electron chi connectivity index (χ2n) is 4.10. The summed E-state index contributed by atoms with van der Waals surface area (Å²) in [6, 6.07) is 0. The predicted molar refractivity (Wildman–Crippen MR) is 59.5 cm³/mol. The van der Waals surface area contributed by atoms with Gasteiger partial charge in [0.25, 0.3) is 0 Å². The molecule has 1 rings (SSSR count). The number of carboxylic acids is 1. The van der Waals surface area contributed by atoms with Gasteiger partial charge in [0.1, 0.15) is 9.84 Å². The molecule has 1 aliphatic heterocycles. The molecule has 1 unspecified atom stereocenters. The highest BCUT2D eigenvalue weighted by molar-refractivity contribution is 7.91. The molecule has 0 aromatic rings. The molecule has 1 atom stereocenters. The van der Waals surface area contributed by atoms with E-state index >= 15 is 0 Å². The standard InChI is InChI=1S/C10H16O6S/c1-2-17(14,15)6-4-10(9(12)13)7-16-5-3-8(10)11/h2-7H2,1H3,(H,12,13). The number of carboxylic acid groups (broad SMARTS) is 1. The highest BCUT2D eigenvalue weighted by atomic mass is 32.2. The van der Waals surface area contributed by atoms with Crippen LogP contribution in [0.3, 0.4) is 0 Å². The average Bonchev–Trinajstić information content (AvgIpc) is 2.28. The molecule has 0 saturated carbocycles. The maximum Gasteiger partial charge on any atom is 0.319 e. The summed E-state index contributed by atoms with van der Waals surface area (Å²) < 4.78 is 27.8. The van der Waals surface area contributed by atoms with Crippen LogP contribution in [0.15, 0.2) is 0 Å². The van der Waals surface area contributed by atoms with E-state index in [1.54, 1.807) is 0 Å². The Kier molecular flexibility index (Phi) is 4.26. The minimum atomic E-state index is -3.29. The van der Waals surface area contributed by atoms with Gasteiger partial charge in [0.05, 0.1) is 19.0 Å². The van der Waals surface area contributed by atoms with Crippen molar-refractivity contribution in [3.8, 4) is 0 Å². The quantitative estimate of drug-likeness (QED) is 0.695. The number of hydrogen-bond acceptors (Lipinski definition) is 5. The zero-order valence-corrected chi connectivity index (χ0v) is 10.5. The van der Waals surface area contributed by atoms with E-state index < -0.39 is 27.0 Å². The average molecular weight is 264 g/mol. The summed E-state index contributed by atoms with van der Waals surface area (Å²) in [6.07, 6.45) is -0.185. The van der Waals surface area contributed by atoms with Gasteiger partial charge in [-0.15, -0.1) is 0 Å². The van der Waals surface area contributed by atoms with E-state index in [9.17, 15) is 18.0 Å². The third kappa shape index (κ3) is 3.04. The molecule has 0 bridgehead atoms. The van der Waals surface area contributed by atoms with E-state index in [-0.39, 0.29) is 37.6 Å². The predicted octanol–water partition coefficient (Wildman–Crippen LogP) is -0.128. The number of ketones is 1. The Morgan fingerprint density at radius 3 is 2.65 bits per heavy atom. The van der Waals surface area contributed by atoms with Gasteiger partial charge in [-0.25, -0.2) is 8.42 Å². The van der Waals surface area contributed by atoms with Gasteiger partial charge in [0.15, 0.2) is 11.2 Å². The second-order valence-corrected chi connectivity index (χ2v) is 6.57. The highest BCUT2D eigenvalue weighted by Crippen LogP contribution is 2.30. The van der Waals surface area contributed by atoms with Crippen molar-refractivity contribution in [2.75, 3.05) is 24.7 Å². The first-order valence-electron chi connectivity index (χ1n) is 5.39. The number of Topliss-reactive ketones (excluding diaryl/α,β-unsaturated/α-hetero) is 1. The summed E-state index contributed by atoms with van der Waals surface area (Å²) in [4.78, 5) is 22.9. The van der Waals surface area contributed by atoms with E-state index in [4.69, 9.17) is 9.84 Å². The maximum atomic E-state index is 11.7. The van der Waals surface area contributed by atoms with Gasteiger partial charge < -0.3 is 9.84 Å². The van der Waals surface area contributed by atoms with E-state index in [1.807, 2.05) is 0 Å². The van der Waals surface area contributed by atoms with Crippen LogP contribution in [-0.2, 0) is 24.2 Å². The van der Waals surface area contributed by atoms with Crippen LogP contribution in [0.1, 0.15) is 19.8 Å². The molecule has 0 aromatic heterocycles. The molecule has 17 heavy (non-hydrogen) atoms. The lowest BCUT2D eigenvalue weighted by atomic mass is 9.79. The van der Waals surface area contributed by atoms with Gasteiger partial charge in [0.2, 0.25) is 0 Å². The van der Waals surface area contributed by atoms with Gasteiger partial charge in [0, 0.05) is 12.2 Å². The Bertz CT molecular complexity index is 413. The zero-order valence-electron chi connectivity index (χ0n) is 9.64. The lowest BCUT2D eigenvalue weighted by molar-refractivity contribution is -0.164. The van der Waals surface area contributed by atoms with E-state index in [0.717, 1.165) is 0 Å². The Morgan fingerprint density at radius 2 is 2.18 bits per heavy atom. The SMILES string of the molecule is CCS(=O)(=O)CCC1(C(=O)O)COCCC1=O. The molecule has 1 heterocycles. The van der Waals surface area contributed by atoms with Gasteiger partial charge >= 0.3 is 5.97 Å². The van der Waals surface area contributed by atoms with Crippen molar-refractivity contribution in [2.45, 2.75) is 19.8 Å². The zero-order chi connectivity index (χ0) is 13.1. The first kappa shape index (κ1) is 14.1. The van der Waals surface area contributed by atoms with Gasteiger partial charge in [-0.1, -0.05) is 6.92 Å². The van der Waals surface area contributed by atoms with E-state index in [0.29, 0.717) is 0 Å². The van der Waals surface area contributed by atoms with E-state index in [2.05, 4.69) is 0 Å². The number of carbonyl (C=O) groups excluding carboxylic acids is 1. The number of hydrogen-bond donors (Lipinski definition) is 1. The van der Waals surface area contributed by atoms with Crippen LogP contribution in [0.25, 0.3) is 0 Å². The third-order valence-electron chi connectivity index (χ3n) is 3.04. The number of carbonyl (C=O) groups is 2. The van der Waals surface area contributed by atoms with Crippen LogP contribution in [-0.4, -0.2) is 50.0 Å². The minimum absolute atomic E-state index is 0.0263. The summed E-state index contributed by atoms with van der Waals surface area (Å²) in [6.45, 7) is 1.46. The first-order chi connectivity index (χ1) is 7.84. The van der Waals surface area contributed by atoms with Crippen molar-refractivity contribution in [1.82, 2.24) is 0 Å². The van der Waals surface area contributed by atoms with Gasteiger partial charge in [-0.3, -0.25) is 9.59 Å². The van der Waals surface area contributed by atoms with Crippen molar-refractivity contribution in [2.24, 2.45) is 5.41 Å². The summed E-state index contributed by atoms with van der Waals surface area (Å²) >= 11 is 0. The minimum Gasteiger partial charge on any atom is -0.480 e. The van der Waals surface area contributed by atoms with Crippen LogP contribution in [0.4, 0.5) is 0 Å². The van der Waals surface area contributed by atoms with Gasteiger partial charge in [-0.2, -0.15) is 0 Å². The fourth-order valence-electron chi connectivity index (χ4n) is 1.70. The molecule has 98 valence electrons. The Hall–Kier alpha value is -0.950. The highest BCUT2D eigenvalue weighted by Gasteiger charge is 2.48. The Labute approximate surface area is 99.9 Å². The van der Waals surface area contributed by atoms with Gasteiger partial charge in [-0.05, 0) is 6.42 Å². The van der Waals surface area contributed by atoms with Crippen molar-refractivity contribution in [3.63, 3.8) is 0 Å². The largest absolute Gasteiger partial charge is 0.480 e. The molecule has 1 fully saturated rings. The monoisotopic (exact) mass is 264 g/mol. The molecule has 0 aliphatic carbocycles. The van der Waals surface area contributed by atoms with Crippen LogP contribution in [0.5, 0.6) is 0 Å². The molecule has 0 amide bonds. The Balaban J connectivity index is 2.86. The smallest absolute Gasteiger partial charge is 0.319 e. The lowest BCUT2D eigenvalue weighted by Crippen LogP contribution is -2.48. The lowest BCUT2D eigenvalue weighted by Gasteiger charge is -2.31. The molecule has 6 nitrogen and oxygen atoms in total. The normalized spacial score (nSPS) is 25.8. The van der Waals surface area contributed by atoms with Crippen LogP contribution in [0.2, 0.25) is 0 Å². The third-order valence-corrected chi connectivity index (χ3v) is 4.75. The molecule has 1 saturated heterocycles. The second kappa shape index (κ2) is 5.14. The molecular formula is C10H16O6S. The van der Waals surface area contributed by atoms with Crippen molar-refractivity contribution < 1.29 is 27.9 Å². The molecular weight excluding hydrogens is 248 g/mol. The molecule has 1 N–H and O–H groups in total. The number of rotatable bonds is 5. The summed E-state index contributed by atoms with van der Waals surface area (Å²) in [7, 11) is -3.29. The maximum absolute atomic E-state index is 11.7. The first-order valence-corrected chi connectivity index (χ1v) is 7.21. The number of aliphatic carboxylic acids is 1. The molecule has 0 aromatic carbocycles. The molecule has 7 heteroatoms. The van der Waals surface area contributed by atoms with Crippen molar-refractivity contribution in [1.29, 1.82) is 0 Å². The Morgan fingerprint density at radius 1 is 1.53 bits per heavy atom. The fraction of sp³-hybridized carbons (Fsp3) is 0.800. The number of sulfone groups is 1. The summed E-state index contributed by atoms with van der Waals surface area (Å²) in [5.41, 5.74) is -1.68. The topological polar surface area (TPSA) is 97.7 Å². The van der Waals surface area contributed by atoms with Crippen molar-refractivity contribution in [3.05, 3.63) is 0 Å². The van der Waals surface area contributed by atoms with Crippen molar-refractivity contribution >= 4 is 21.6 Å². The van der Waals surface area contributed by atoms with E-state index in [1.165, 1.54) is 6.92 Å². The number of ether oxygens (including phenoxy) is 1. The fourth-order valence-corrected chi connectivity index (χ4v) is 2.65. The van der Waals surface area contributed by atoms with Crippen LogP contribution < -0.4 is 0 Å². The summed E-state index contributed by atoms with van der Waals surface area (Å²) in [5, 5.41) is 9.13. The summed E-state index contributed by atoms with van der Waals surface area (Å²) in [5.74, 6) is -2.10.